The third kappa shape index (κ3) is 2.31. The summed E-state index contributed by atoms with van der Waals surface area (Å²) in [7, 11) is 1.98. The first-order chi connectivity index (χ1) is 6.66. The van der Waals surface area contributed by atoms with Gasteiger partial charge in [-0.2, -0.15) is 0 Å². The predicted octanol–water partition coefficient (Wildman–Crippen LogP) is 2.40. The molecule has 0 spiro atoms. The Bertz CT molecular complexity index is 345. The number of aryl methyl sites for hydroxylation is 1. The van der Waals surface area contributed by atoms with E-state index in [1.54, 1.807) is 6.20 Å². The fourth-order valence-corrected chi connectivity index (χ4v) is 1.23. The number of imidazole rings is 1. The van der Waals surface area contributed by atoms with Gasteiger partial charge in [0.05, 0.1) is 5.71 Å². The lowest BCUT2D eigenvalue weighted by atomic mass is 10.1. The van der Waals surface area contributed by atoms with E-state index in [4.69, 9.17) is 0 Å². The molecule has 0 N–H and O–H groups in total. The molecule has 0 aromatic carbocycles. The van der Waals surface area contributed by atoms with E-state index in [-0.39, 0.29) is 0 Å². The van der Waals surface area contributed by atoms with Crippen molar-refractivity contribution < 1.29 is 0 Å². The lowest BCUT2D eigenvalue weighted by Crippen LogP contribution is -2.14. The number of rotatable bonds is 3. The Morgan fingerprint density at radius 3 is 2.71 bits per heavy atom. The third-order valence-corrected chi connectivity index (χ3v) is 1.96. The third-order valence-electron chi connectivity index (χ3n) is 1.96. The number of nitrogens with zero attached hydrogens (tertiary/aromatic N) is 3. The van der Waals surface area contributed by atoms with Gasteiger partial charge >= 0.3 is 0 Å². The first-order valence-corrected chi connectivity index (χ1v) is 4.83. The van der Waals surface area contributed by atoms with Gasteiger partial charge in [0.25, 0.3) is 0 Å². The molecule has 0 aliphatic rings. The van der Waals surface area contributed by atoms with E-state index in [1.165, 1.54) is 0 Å². The molecule has 1 aromatic rings. The Balaban J connectivity index is 3.07. The highest BCUT2D eigenvalue weighted by atomic mass is 15.0. The number of aromatic nitrogens is 2. The topological polar surface area (TPSA) is 30.2 Å². The average molecular weight is 191 g/mol. The summed E-state index contributed by atoms with van der Waals surface area (Å²) in [6.45, 7) is 6.20. The van der Waals surface area contributed by atoms with Crippen molar-refractivity contribution in [2.45, 2.75) is 20.8 Å². The van der Waals surface area contributed by atoms with Crippen molar-refractivity contribution in [3.63, 3.8) is 0 Å². The largest absolute Gasteiger partial charge is 0.333 e. The van der Waals surface area contributed by atoms with Crippen LogP contribution in [0, 0.1) is 5.92 Å². The van der Waals surface area contributed by atoms with Crippen LogP contribution in [-0.4, -0.2) is 15.3 Å². The zero-order valence-electron chi connectivity index (χ0n) is 9.23. The molecule has 0 amide bonds. The summed E-state index contributed by atoms with van der Waals surface area (Å²) in [5.41, 5.74) is 1.02. The van der Waals surface area contributed by atoms with Crippen LogP contribution in [0.25, 0.3) is 0 Å². The molecule has 1 heterocycles. The van der Waals surface area contributed by atoms with Gasteiger partial charge in [-0.15, -0.1) is 0 Å². The summed E-state index contributed by atoms with van der Waals surface area (Å²) >= 11 is 0. The molecule has 1 rings (SSSR count). The quantitative estimate of drug-likeness (QED) is 0.675. The molecular formula is C11H17N3. The minimum atomic E-state index is 0.382. The van der Waals surface area contributed by atoms with Gasteiger partial charge in [-0.1, -0.05) is 19.9 Å². The number of hydrogen-bond donors (Lipinski definition) is 0. The van der Waals surface area contributed by atoms with Gasteiger partial charge in [0, 0.05) is 25.6 Å². The maximum Gasteiger partial charge on any atom is 0.154 e. The van der Waals surface area contributed by atoms with E-state index in [1.807, 2.05) is 37.0 Å². The summed E-state index contributed by atoms with van der Waals surface area (Å²) in [4.78, 5) is 8.69. The molecule has 0 radical (unpaired) electrons. The van der Waals surface area contributed by atoms with Crippen LogP contribution < -0.4 is 0 Å². The van der Waals surface area contributed by atoms with Crippen molar-refractivity contribution in [3.8, 4) is 0 Å². The molecule has 0 saturated heterocycles. The highest BCUT2D eigenvalue weighted by Crippen LogP contribution is 2.07. The molecule has 76 valence electrons. The van der Waals surface area contributed by atoms with Gasteiger partial charge in [-0.25, -0.2) is 4.98 Å². The number of aliphatic imine (C=N–C) groups is 1. The zero-order valence-corrected chi connectivity index (χ0v) is 9.23. The monoisotopic (exact) mass is 191 g/mol. The second-order valence-corrected chi connectivity index (χ2v) is 3.51. The standard InChI is InChI=1S/C11H17N3/c1-5-6-12-10(9(2)3)11-13-7-8-14(11)4/h5-9H,1-4H3/b6-5-,12-10?. The number of hydrogen-bond acceptors (Lipinski definition) is 2. The highest BCUT2D eigenvalue weighted by molar-refractivity contribution is 5.99. The highest BCUT2D eigenvalue weighted by Gasteiger charge is 2.11. The molecule has 0 saturated carbocycles. The van der Waals surface area contributed by atoms with Crippen molar-refractivity contribution >= 4 is 5.71 Å². The summed E-state index contributed by atoms with van der Waals surface area (Å²) in [5.74, 6) is 1.32. The molecule has 1 aromatic heterocycles. The lowest BCUT2D eigenvalue weighted by Gasteiger charge is -2.08. The van der Waals surface area contributed by atoms with Crippen LogP contribution >= 0.6 is 0 Å². The summed E-state index contributed by atoms with van der Waals surface area (Å²) in [6, 6.07) is 0. The molecule has 0 bridgehead atoms. The van der Waals surface area contributed by atoms with Gasteiger partial charge < -0.3 is 4.57 Å². The van der Waals surface area contributed by atoms with E-state index < -0.39 is 0 Å². The zero-order chi connectivity index (χ0) is 10.6. The summed E-state index contributed by atoms with van der Waals surface area (Å²) in [5, 5.41) is 0. The smallest absolute Gasteiger partial charge is 0.154 e. The van der Waals surface area contributed by atoms with Crippen LogP contribution in [0.3, 0.4) is 0 Å². The van der Waals surface area contributed by atoms with Crippen molar-refractivity contribution in [3.05, 3.63) is 30.5 Å². The van der Waals surface area contributed by atoms with Gasteiger partial charge in [0.15, 0.2) is 5.82 Å². The van der Waals surface area contributed by atoms with Gasteiger partial charge in [-0.05, 0) is 12.8 Å². The van der Waals surface area contributed by atoms with Crippen LogP contribution in [0.1, 0.15) is 26.6 Å². The van der Waals surface area contributed by atoms with Crippen molar-refractivity contribution in [1.82, 2.24) is 9.55 Å². The molecule has 0 unspecified atom stereocenters. The average Bonchev–Trinajstić information content (AvgIpc) is 2.52. The summed E-state index contributed by atoms with van der Waals surface area (Å²) < 4.78 is 1.99. The van der Waals surface area contributed by atoms with Crippen LogP contribution in [0.2, 0.25) is 0 Å². The van der Waals surface area contributed by atoms with E-state index in [9.17, 15) is 0 Å². The second-order valence-electron chi connectivity index (χ2n) is 3.51. The van der Waals surface area contributed by atoms with Crippen molar-refractivity contribution in [2.24, 2.45) is 18.0 Å². The molecule has 0 fully saturated rings. The van der Waals surface area contributed by atoms with E-state index in [0.717, 1.165) is 11.5 Å². The minimum Gasteiger partial charge on any atom is -0.333 e. The van der Waals surface area contributed by atoms with Gasteiger partial charge in [-0.3, -0.25) is 4.99 Å². The van der Waals surface area contributed by atoms with Gasteiger partial charge in [0.2, 0.25) is 0 Å². The molecule has 3 nitrogen and oxygen atoms in total. The van der Waals surface area contributed by atoms with Crippen molar-refractivity contribution in [2.75, 3.05) is 0 Å². The Morgan fingerprint density at radius 2 is 2.29 bits per heavy atom. The summed E-state index contributed by atoms with van der Waals surface area (Å²) in [6.07, 6.45) is 7.46. The van der Waals surface area contributed by atoms with Crippen LogP contribution in [-0.2, 0) is 7.05 Å². The second kappa shape index (κ2) is 4.74. The van der Waals surface area contributed by atoms with Crippen LogP contribution in [0.5, 0.6) is 0 Å². The SMILES string of the molecule is C/C=C\N=C(c1nccn1C)C(C)C. The van der Waals surface area contributed by atoms with E-state index >= 15 is 0 Å². The minimum absolute atomic E-state index is 0.382. The molecule has 3 heteroatoms. The Hall–Kier alpha value is -1.38. The lowest BCUT2D eigenvalue weighted by molar-refractivity contribution is 0.833. The molecular weight excluding hydrogens is 174 g/mol. The molecule has 0 aliphatic heterocycles. The Labute approximate surface area is 85.2 Å². The van der Waals surface area contributed by atoms with E-state index in [2.05, 4.69) is 23.8 Å². The molecule has 0 atom stereocenters. The first-order valence-electron chi connectivity index (χ1n) is 4.83. The molecule has 14 heavy (non-hydrogen) atoms. The predicted molar refractivity (Wildman–Crippen MR) is 59.4 cm³/mol. The maximum atomic E-state index is 4.40. The Kier molecular flexibility index (Phi) is 3.63. The van der Waals surface area contributed by atoms with Crippen molar-refractivity contribution in [1.29, 1.82) is 0 Å². The van der Waals surface area contributed by atoms with Crippen LogP contribution in [0.15, 0.2) is 29.7 Å². The number of allylic oxidation sites excluding steroid dienone is 1. The fourth-order valence-electron chi connectivity index (χ4n) is 1.23. The van der Waals surface area contributed by atoms with Gasteiger partial charge in [0.1, 0.15) is 0 Å². The first kappa shape index (κ1) is 10.7. The normalized spacial score (nSPS) is 13.1. The Morgan fingerprint density at radius 1 is 1.57 bits per heavy atom. The van der Waals surface area contributed by atoms with Crippen LogP contribution in [0.4, 0.5) is 0 Å². The maximum absolute atomic E-state index is 4.40. The molecule has 0 aliphatic carbocycles. The fraction of sp³-hybridized carbons (Fsp3) is 0.455. The van der Waals surface area contributed by atoms with E-state index in [0.29, 0.717) is 5.92 Å².